The largest absolute Gasteiger partial charge is 0.329 e. The molecular weight excluding hydrogens is 152 g/mol. The normalized spacial score (nSPS) is 17.1. The molecule has 1 saturated heterocycles. The van der Waals surface area contributed by atoms with Gasteiger partial charge in [0.1, 0.15) is 0 Å². The Bertz CT molecular complexity index is 214. The molecule has 0 aromatic heterocycles. The monoisotopic (exact) mass is 166 g/mol. The van der Waals surface area contributed by atoms with Crippen molar-refractivity contribution in [3.8, 4) is 11.8 Å². The molecule has 3 nitrogen and oxygen atoms in total. The van der Waals surface area contributed by atoms with Gasteiger partial charge in [0.25, 0.3) is 0 Å². The Morgan fingerprint density at radius 3 is 3.08 bits per heavy atom. The van der Waals surface area contributed by atoms with Gasteiger partial charge in [0.2, 0.25) is 5.91 Å². The molecule has 1 amide bonds. The average Bonchev–Trinajstić information content (AvgIpc) is 2.09. The van der Waals surface area contributed by atoms with E-state index in [-0.39, 0.29) is 5.91 Å². The van der Waals surface area contributed by atoms with Crippen LogP contribution in [0.4, 0.5) is 0 Å². The molecule has 0 aromatic rings. The van der Waals surface area contributed by atoms with E-state index in [2.05, 4.69) is 17.2 Å². The van der Waals surface area contributed by atoms with Gasteiger partial charge >= 0.3 is 0 Å². The van der Waals surface area contributed by atoms with Crippen molar-refractivity contribution in [1.82, 2.24) is 10.2 Å². The van der Waals surface area contributed by atoms with Crippen molar-refractivity contribution >= 4 is 5.91 Å². The van der Waals surface area contributed by atoms with Crippen molar-refractivity contribution in [2.24, 2.45) is 0 Å². The summed E-state index contributed by atoms with van der Waals surface area (Å²) in [5, 5.41) is 3.02. The smallest absolute Gasteiger partial charge is 0.237 e. The van der Waals surface area contributed by atoms with Gasteiger partial charge in [-0.2, -0.15) is 0 Å². The van der Waals surface area contributed by atoms with Gasteiger partial charge < -0.3 is 10.2 Å². The minimum atomic E-state index is 0.159. The molecule has 1 fully saturated rings. The van der Waals surface area contributed by atoms with Gasteiger partial charge in [-0.05, 0) is 0 Å². The van der Waals surface area contributed by atoms with Crippen LogP contribution in [0.25, 0.3) is 0 Å². The molecule has 0 unspecified atom stereocenters. The molecule has 0 saturated carbocycles. The summed E-state index contributed by atoms with van der Waals surface area (Å²) in [6.07, 6.45) is 0.861. The zero-order chi connectivity index (χ0) is 8.81. The highest BCUT2D eigenvalue weighted by Gasteiger charge is 2.15. The molecule has 0 bridgehead atoms. The zero-order valence-electron chi connectivity index (χ0n) is 7.39. The summed E-state index contributed by atoms with van der Waals surface area (Å²) in [6.45, 7) is 4.74. The highest BCUT2D eigenvalue weighted by Crippen LogP contribution is 1.92. The quantitative estimate of drug-likeness (QED) is 0.549. The predicted octanol–water partition coefficient (Wildman–Crippen LogP) is -0.168. The van der Waals surface area contributed by atoms with Gasteiger partial charge in [0.15, 0.2) is 0 Å². The number of carbonyl (C=O) groups excluding carboxylic acids is 1. The molecule has 0 aromatic carbocycles. The third-order valence-corrected chi connectivity index (χ3v) is 1.76. The molecule has 0 spiro atoms. The van der Waals surface area contributed by atoms with Crippen LogP contribution in [0.5, 0.6) is 0 Å². The first-order chi connectivity index (χ1) is 5.84. The van der Waals surface area contributed by atoms with Gasteiger partial charge in [0.05, 0.1) is 13.1 Å². The van der Waals surface area contributed by atoms with E-state index in [9.17, 15) is 4.79 Å². The van der Waals surface area contributed by atoms with E-state index in [4.69, 9.17) is 0 Å². The van der Waals surface area contributed by atoms with Gasteiger partial charge in [-0.1, -0.05) is 12.8 Å². The lowest BCUT2D eigenvalue weighted by molar-refractivity contribution is -0.131. The number of hydrogen-bond acceptors (Lipinski definition) is 2. The van der Waals surface area contributed by atoms with E-state index >= 15 is 0 Å². The number of carbonyl (C=O) groups is 1. The van der Waals surface area contributed by atoms with Crippen molar-refractivity contribution in [2.45, 2.75) is 13.3 Å². The number of amides is 1. The Morgan fingerprint density at radius 2 is 2.42 bits per heavy atom. The first-order valence-electron chi connectivity index (χ1n) is 4.29. The second kappa shape index (κ2) is 4.78. The second-order valence-electron chi connectivity index (χ2n) is 2.70. The first kappa shape index (κ1) is 9.08. The van der Waals surface area contributed by atoms with Gasteiger partial charge in [-0.3, -0.25) is 4.79 Å². The molecule has 1 rings (SSSR count). The molecule has 12 heavy (non-hydrogen) atoms. The Kier molecular flexibility index (Phi) is 3.62. The minimum absolute atomic E-state index is 0.159. The summed E-state index contributed by atoms with van der Waals surface area (Å²) in [4.78, 5) is 13.0. The van der Waals surface area contributed by atoms with E-state index < -0.39 is 0 Å². The third-order valence-electron chi connectivity index (χ3n) is 1.76. The van der Waals surface area contributed by atoms with Crippen molar-refractivity contribution in [3.05, 3.63) is 0 Å². The predicted molar refractivity (Wildman–Crippen MR) is 47.5 cm³/mol. The summed E-state index contributed by atoms with van der Waals surface area (Å²) >= 11 is 0. The number of rotatable bonds is 1. The van der Waals surface area contributed by atoms with Crippen LogP contribution in [0.3, 0.4) is 0 Å². The molecule has 0 radical (unpaired) electrons. The summed E-state index contributed by atoms with van der Waals surface area (Å²) < 4.78 is 0. The molecule has 1 aliphatic heterocycles. The van der Waals surface area contributed by atoms with Crippen LogP contribution in [-0.4, -0.2) is 37.0 Å². The molecule has 0 atom stereocenters. The lowest BCUT2D eigenvalue weighted by Gasteiger charge is -2.25. The number of nitrogens with one attached hydrogen (secondary N) is 1. The Hall–Kier alpha value is -1.01. The summed E-state index contributed by atoms with van der Waals surface area (Å²) in [6, 6.07) is 0. The van der Waals surface area contributed by atoms with Gasteiger partial charge in [-0.15, -0.1) is 5.92 Å². The van der Waals surface area contributed by atoms with Crippen LogP contribution < -0.4 is 5.32 Å². The average molecular weight is 166 g/mol. The molecule has 1 N–H and O–H groups in total. The number of hydrogen-bond donors (Lipinski definition) is 1. The van der Waals surface area contributed by atoms with Crippen molar-refractivity contribution < 1.29 is 4.79 Å². The van der Waals surface area contributed by atoms with Crippen LogP contribution in [0.2, 0.25) is 0 Å². The molecular formula is C9H14N2O. The topological polar surface area (TPSA) is 32.3 Å². The fourth-order valence-electron chi connectivity index (χ4n) is 1.09. The van der Waals surface area contributed by atoms with Crippen LogP contribution in [0, 0.1) is 11.8 Å². The summed E-state index contributed by atoms with van der Waals surface area (Å²) in [5.41, 5.74) is 0. The Balaban J connectivity index is 2.34. The van der Waals surface area contributed by atoms with E-state index in [0.29, 0.717) is 13.1 Å². The lowest BCUT2D eigenvalue weighted by Crippen LogP contribution is -2.48. The van der Waals surface area contributed by atoms with Crippen LogP contribution in [0.1, 0.15) is 13.3 Å². The van der Waals surface area contributed by atoms with E-state index in [0.717, 1.165) is 19.5 Å². The summed E-state index contributed by atoms with van der Waals surface area (Å²) in [5.74, 6) is 6.07. The third kappa shape index (κ3) is 2.55. The van der Waals surface area contributed by atoms with Crippen molar-refractivity contribution in [1.29, 1.82) is 0 Å². The van der Waals surface area contributed by atoms with E-state index in [1.165, 1.54) is 0 Å². The SMILES string of the molecule is CCC#CCN1CCNCC1=O. The first-order valence-corrected chi connectivity index (χ1v) is 4.29. The molecule has 3 heteroatoms. The van der Waals surface area contributed by atoms with E-state index in [1.807, 2.05) is 6.92 Å². The van der Waals surface area contributed by atoms with Crippen molar-refractivity contribution in [3.63, 3.8) is 0 Å². The fourth-order valence-corrected chi connectivity index (χ4v) is 1.09. The highest BCUT2D eigenvalue weighted by molar-refractivity contribution is 5.79. The highest BCUT2D eigenvalue weighted by atomic mass is 16.2. The lowest BCUT2D eigenvalue weighted by atomic mass is 10.3. The minimum Gasteiger partial charge on any atom is -0.329 e. The number of piperazine rings is 1. The van der Waals surface area contributed by atoms with Crippen molar-refractivity contribution in [2.75, 3.05) is 26.2 Å². The van der Waals surface area contributed by atoms with Crippen LogP contribution >= 0.6 is 0 Å². The van der Waals surface area contributed by atoms with Gasteiger partial charge in [0, 0.05) is 19.5 Å². The maximum Gasteiger partial charge on any atom is 0.237 e. The fraction of sp³-hybridized carbons (Fsp3) is 0.667. The maximum atomic E-state index is 11.2. The Morgan fingerprint density at radius 1 is 1.58 bits per heavy atom. The standard InChI is InChI=1S/C9H14N2O/c1-2-3-4-6-11-7-5-10-8-9(11)12/h10H,2,5-8H2,1H3. The molecule has 0 aliphatic carbocycles. The summed E-state index contributed by atoms with van der Waals surface area (Å²) in [7, 11) is 0. The molecule has 66 valence electrons. The molecule has 1 heterocycles. The zero-order valence-corrected chi connectivity index (χ0v) is 7.39. The van der Waals surface area contributed by atoms with Gasteiger partial charge in [-0.25, -0.2) is 0 Å². The number of nitrogens with zero attached hydrogens (tertiary/aromatic N) is 1. The maximum absolute atomic E-state index is 11.2. The van der Waals surface area contributed by atoms with E-state index in [1.54, 1.807) is 4.90 Å². The van der Waals surface area contributed by atoms with Crippen LogP contribution in [0.15, 0.2) is 0 Å². The molecule has 1 aliphatic rings. The Labute approximate surface area is 73.1 Å². The second-order valence-corrected chi connectivity index (χ2v) is 2.70. The van der Waals surface area contributed by atoms with Crippen LogP contribution in [-0.2, 0) is 4.79 Å².